The van der Waals surface area contributed by atoms with E-state index in [4.69, 9.17) is 9.40 Å². The molecule has 2 unspecified atom stereocenters. The number of para-hydroxylation sites is 1. The molecular weight excluding hydrogens is 585 g/mol. The van der Waals surface area contributed by atoms with E-state index in [9.17, 15) is 0 Å². The van der Waals surface area contributed by atoms with E-state index in [1.807, 2.05) is 0 Å². The second-order valence-electron chi connectivity index (χ2n) is 12.7. The minimum absolute atomic E-state index is 0.201. The second kappa shape index (κ2) is 10.7. The number of hydrogen-bond donors (Lipinski definition) is 0. The third-order valence-corrected chi connectivity index (χ3v) is 9.99. The quantitative estimate of drug-likeness (QED) is 0.197. The molecule has 0 saturated carbocycles. The zero-order valence-corrected chi connectivity index (χ0v) is 26.1. The zero-order valence-electron chi connectivity index (χ0n) is 26.1. The molecule has 3 heteroatoms. The van der Waals surface area contributed by atoms with Crippen LogP contribution in [0.1, 0.15) is 11.5 Å². The van der Waals surface area contributed by atoms with Crippen LogP contribution < -0.4 is 4.90 Å². The fourth-order valence-electron chi connectivity index (χ4n) is 7.80. The van der Waals surface area contributed by atoms with Gasteiger partial charge in [-0.2, -0.15) is 0 Å². The van der Waals surface area contributed by atoms with Crippen molar-refractivity contribution in [3.05, 3.63) is 175 Å². The molecule has 0 spiro atoms. The van der Waals surface area contributed by atoms with Crippen molar-refractivity contribution in [2.45, 2.75) is 12.0 Å². The van der Waals surface area contributed by atoms with Crippen LogP contribution in [-0.4, -0.2) is 11.0 Å². The first-order valence-corrected chi connectivity index (χ1v) is 16.5. The Balaban J connectivity index is 1.11. The summed E-state index contributed by atoms with van der Waals surface area (Å²) in [5, 5.41) is 3.33. The van der Waals surface area contributed by atoms with E-state index in [1.165, 1.54) is 33.5 Å². The summed E-state index contributed by atoms with van der Waals surface area (Å²) in [4.78, 5) is 7.66. The molecule has 3 heterocycles. The molecule has 0 bridgehead atoms. The van der Waals surface area contributed by atoms with Gasteiger partial charge in [-0.25, -0.2) is 4.98 Å². The summed E-state index contributed by atoms with van der Waals surface area (Å²) in [5.41, 5.74) is 13.3. The first-order chi connectivity index (χ1) is 23.8. The van der Waals surface area contributed by atoms with Gasteiger partial charge < -0.3 is 9.32 Å². The Morgan fingerprint density at radius 2 is 1.33 bits per heavy atom. The van der Waals surface area contributed by atoms with E-state index in [1.54, 1.807) is 0 Å². The lowest BCUT2D eigenvalue weighted by atomic mass is 9.90. The van der Waals surface area contributed by atoms with Crippen LogP contribution in [-0.2, 0) is 0 Å². The molecule has 0 saturated heterocycles. The lowest BCUT2D eigenvalue weighted by Gasteiger charge is -2.28. The Morgan fingerprint density at radius 1 is 0.542 bits per heavy atom. The number of allylic oxidation sites excluding steroid dienone is 2. The first kappa shape index (κ1) is 27.0. The van der Waals surface area contributed by atoms with Gasteiger partial charge >= 0.3 is 0 Å². The van der Waals surface area contributed by atoms with Crippen molar-refractivity contribution in [2.24, 2.45) is 0 Å². The zero-order chi connectivity index (χ0) is 31.6. The predicted octanol–water partition coefficient (Wildman–Crippen LogP) is 11.9. The number of fused-ring (bicyclic) bond motifs is 7. The van der Waals surface area contributed by atoms with Crippen LogP contribution in [0.5, 0.6) is 0 Å². The normalized spacial score (nSPS) is 16.5. The van der Waals surface area contributed by atoms with Crippen molar-refractivity contribution in [2.75, 3.05) is 4.90 Å². The molecule has 10 rings (SSSR count). The maximum Gasteiger partial charge on any atom is 0.137 e. The van der Waals surface area contributed by atoms with Gasteiger partial charge in [0.05, 0.1) is 17.3 Å². The van der Waals surface area contributed by atoms with E-state index < -0.39 is 0 Å². The molecular formula is C45H30N2O. The van der Waals surface area contributed by atoms with Gasteiger partial charge in [0.25, 0.3) is 0 Å². The summed E-state index contributed by atoms with van der Waals surface area (Å²) in [6.07, 6.45) is 9.01. The minimum atomic E-state index is 0.201. The average molecular weight is 615 g/mol. The number of aromatic nitrogens is 1. The van der Waals surface area contributed by atoms with Crippen molar-refractivity contribution >= 4 is 44.2 Å². The van der Waals surface area contributed by atoms with Crippen LogP contribution in [0.3, 0.4) is 0 Å². The number of benzene rings is 6. The molecule has 1 aliphatic carbocycles. The Bertz CT molecular complexity index is 2580. The maximum atomic E-state index is 6.63. The molecule has 48 heavy (non-hydrogen) atoms. The van der Waals surface area contributed by atoms with Crippen LogP contribution in [0.25, 0.3) is 66.4 Å². The highest BCUT2D eigenvalue weighted by molar-refractivity contribution is 6.13. The fourth-order valence-corrected chi connectivity index (χ4v) is 7.80. The number of furan rings is 1. The van der Waals surface area contributed by atoms with Gasteiger partial charge in [0.1, 0.15) is 11.2 Å². The summed E-state index contributed by atoms with van der Waals surface area (Å²) in [7, 11) is 0. The molecule has 1 aliphatic heterocycles. The maximum absolute atomic E-state index is 6.63. The molecule has 226 valence electrons. The minimum Gasteiger partial charge on any atom is -0.456 e. The molecule has 0 N–H and O–H groups in total. The van der Waals surface area contributed by atoms with Gasteiger partial charge in [0.15, 0.2) is 0 Å². The summed E-state index contributed by atoms with van der Waals surface area (Å²) < 4.78 is 6.63. The largest absolute Gasteiger partial charge is 0.456 e. The Labute approximate surface area is 278 Å². The molecule has 2 aromatic heterocycles. The highest BCUT2D eigenvalue weighted by Crippen LogP contribution is 2.50. The molecule has 0 fully saturated rings. The van der Waals surface area contributed by atoms with E-state index in [0.717, 1.165) is 49.8 Å². The van der Waals surface area contributed by atoms with Crippen molar-refractivity contribution in [1.82, 2.24) is 4.98 Å². The molecule has 2 atom stereocenters. The molecule has 6 aromatic carbocycles. The van der Waals surface area contributed by atoms with Crippen LogP contribution in [0.2, 0.25) is 0 Å². The third-order valence-electron chi connectivity index (χ3n) is 9.99. The van der Waals surface area contributed by atoms with Crippen molar-refractivity contribution in [3.8, 4) is 33.5 Å². The molecule has 2 aliphatic rings. The first-order valence-electron chi connectivity index (χ1n) is 16.5. The van der Waals surface area contributed by atoms with Crippen LogP contribution in [0.15, 0.2) is 174 Å². The summed E-state index contributed by atoms with van der Waals surface area (Å²) in [6.45, 7) is 0. The lowest BCUT2D eigenvalue weighted by Crippen LogP contribution is -2.28. The fraction of sp³-hybridized carbons (Fsp3) is 0.0444. The van der Waals surface area contributed by atoms with Crippen molar-refractivity contribution in [3.63, 3.8) is 0 Å². The molecule has 0 amide bonds. The standard InChI is InChI=1S/C45H30N2O/c1-3-12-29(13-4-1)31-22-25-42-38(26-31)34-17-8-10-20-41(34)47(42)32-23-24-36-44(27-32)48-43-21-11-18-35(45(36)43)40-28-37(30-14-5-2-6-15-30)33-16-7-9-19-39(33)46-40/h1-28,34,41H. The van der Waals surface area contributed by atoms with Gasteiger partial charge in [-0.15, -0.1) is 0 Å². The third kappa shape index (κ3) is 4.18. The van der Waals surface area contributed by atoms with Gasteiger partial charge in [0.2, 0.25) is 0 Å². The summed E-state index contributed by atoms with van der Waals surface area (Å²) in [6, 6.07) is 52.0. The Morgan fingerprint density at radius 3 is 2.21 bits per heavy atom. The van der Waals surface area contributed by atoms with E-state index in [-0.39, 0.29) is 12.0 Å². The van der Waals surface area contributed by atoms with Crippen LogP contribution in [0, 0.1) is 0 Å². The smallest absolute Gasteiger partial charge is 0.137 e. The van der Waals surface area contributed by atoms with Crippen molar-refractivity contribution < 1.29 is 4.42 Å². The highest BCUT2D eigenvalue weighted by Gasteiger charge is 2.37. The summed E-state index contributed by atoms with van der Waals surface area (Å²) >= 11 is 0. The Kier molecular flexibility index (Phi) is 6.00. The lowest BCUT2D eigenvalue weighted by molar-refractivity contribution is 0.668. The van der Waals surface area contributed by atoms with Gasteiger partial charge in [-0.3, -0.25) is 0 Å². The van der Waals surface area contributed by atoms with E-state index >= 15 is 0 Å². The van der Waals surface area contributed by atoms with Crippen molar-refractivity contribution in [1.29, 1.82) is 0 Å². The molecule has 0 radical (unpaired) electrons. The summed E-state index contributed by atoms with van der Waals surface area (Å²) in [5.74, 6) is 0.282. The number of pyridine rings is 1. The van der Waals surface area contributed by atoms with Gasteiger partial charge in [0, 0.05) is 45.1 Å². The number of hydrogen-bond acceptors (Lipinski definition) is 3. The SMILES string of the molecule is C1=CC2c3cc(-c4ccccc4)ccc3N(c3ccc4c(c3)oc3cccc(-c5cc(-c6ccccc6)c6ccccc6n5)c34)C2C=C1. The average Bonchev–Trinajstić information content (AvgIpc) is 3.70. The van der Waals surface area contributed by atoms with Gasteiger partial charge in [-0.05, 0) is 70.3 Å². The van der Waals surface area contributed by atoms with Crippen LogP contribution >= 0.6 is 0 Å². The number of anilines is 2. The second-order valence-corrected chi connectivity index (χ2v) is 12.7. The number of nitrogens with zero attached hydrogens (tertiary/aromatic N) is 2. The topological polar surface area (TPSA) is 29.3 Å². The monoisotopic (exact) mass is 614 g/mol. The van der Waals surface area contributed by atoms with Crippen LogP contribution in [0.4, 0.5) is 11.4 Å². The molecule has 3 nitrogen and oxygen atoms in total. The van der Waals surface area contributed by atoms with Gasteiger partial charge in [-0.1, -0.05) is 121 Å². The Hall–Kier alpha value is -6.19. The highest BCUT2D eigenvalue weighted by atomic mass is 16.3. The molecule has 8 aromatic rings. The number of rotatable bonds is 4. The van der Waals surface area contributed by atoms with E-state index in [2.05, 4.69) is 175 Å². The van der Waals surface area contributed by atoms with E-state index in [0.29, 0.717) is 0 Å². The predicted molar refractivity (Wildman–Crippen MR) is 199 cm³/mol.